The Morgan fingerprint density at radius 1 is 1.09 bits per heavy atom. The van der Waals surface area contributed by atoms with Gasteiger partial charge in [-0.25, -0.2) is 4.79 Å². The van der Waals surface area contributed by atoms with E-state index in [4.69, 9.17) is 14.6 Å². The number of carboxylic acids is 1. The number of aliphatic carboxylic acids is 1. The number of likely N-dealkylation sites (tertiary alicyclic amines) is 1. The molecule has 2 aliphatic rings. The molecule has 2 aromatic carbocycles. The van der Waals surface area contributed by atoms with Crippen molar-refractivity contribution in [2.45, 2.75) is 37.3 Å². The lowest BCUT2D eigenvalue weighted by Crippen LogP contribution is -2.48. The van der Waals surface area contributed by atoms with Crippen LogP contribution < -0.4 is 5.32 Å². The monoisotopic (exact) mass is 452 g/mol. The molecule has 2 aromatic rings. The maximum absolute atomic E-state index is 12.9. The number of hydrogen-bond acceptors (Lipinski definition) is 5. The molecule has 2 amide bonds. The quantitative estimate of drug-likeness (QED) is 0.638. The van der Waals surface area contributed by atoms with Crippen LogP contribution in [0.1, 0.15) is 36.3 Å². The summed E-state index contributed by atoms with van der Waals surface area (Å²) in [6.45, 7) is 1.05. The summed E-state index contributed by atoms with van der Waals surface area (Å²) in [6.07, 6.45) is -0.320. The number of methoxy groups -OCH3 is 1. The Labute approximate surface area is 192 Å². The Morgan fingerprint density at radius 3 is 2.30 bits per heavy atom. The van der Waals surface area contributed by atoms with Crippen LogP contribution in [0.3, 0.4) is 0 Å². The Hall–Kier alpha value is -3.39. The number of amides is 2. The lowest BCUT2D eigenvalue weighted by molar-refractivity contribution is -0.138. The molecule has 1 aliphatic carbocycles. The van der Waals surface area contributed by atoms with E-state index in [-0.39, 0.29) is 37.4 Å². The normalized spacial score (nSPS) is 17.8. The highest BCUT2D eigenvalue weighted by atomic mass is 16.5. The number of rotatable bonds is 8. The summed E-state index contributed by atoms with van der Waals surface area (Å²) in [5, 5.41) is 11.7. The molecule has 0 radical (unpaired) electrons. The van der Waals surface area contributed by atoms with Crippen LogP contribution in [0.2, 0.25) is 0 Å². The average molecular weight is 453 g/mol. The van der Waals surface area contributed by atoms with Crippen LogP contribution in [0, 0.1) is 0 Å². The van der Waals surface area contributed by atoms with Crippen LogP contribution >= 0.6 is 0 Å². The second kappa shape index (κ2) is 10.0. The zero-order valence-corrected chi connectivity index (χ0v) is 18.5. The highest BCUT2D eigenvalue weighted by Gasteiger charge is 2.33. The van der Waals surface area contributed by atoms with Crippen molar-refractivity contribution in [3.63, 3.8) is 0 Å². The van der Waals surface area contributed by atoms with Crippen LogP contribution in [0.4, 0.5) is 4.79 Å². The van der Waals surface area contributed by atoms with E-state index < -0.39 is 18.1 Å². The number of carbonyl (C=O) groups excluding carboxylic acids is 2. The topological polar surface area (TPSA) is 105 Å². The van der Waals surface area contributed by atoms with Gasteiger partial charge in [0, 0.05) is 32.5 Å². The van der Waals surface area contributed by atoms with Crippen molar-refractivity contribution >= 4 is 18.0 Å². The Morgan fingerprint density at radius 2 is 1.73 bits per heavy atom. The second-order valence-electron chi connectivity index (χ2n) is 8.39. The molecule has 2 N–H and O–H groups in total. The second-order valence-corrected chi connectivity index (χ2v) is 8.39. The molecule has 1 saturated heterocycles. The van der Waals surface area contributed by atoms with E-state index in [1.165, 1.54) is 0 Å². The number of nitrogens with one attached hydrogen (secondary N) is 1. The minimum Gasteiger partial charge on any atom is -0.481 e. The van der Waals surface area contributed by atoms with Crippen LogP contribution in [0.15, 0.2) is 48.5 Å². The third kappa shape index (κ3) is 5.01. The standard InChI is InChI=1S/C25H28N2O6/c1-32-16-12-13-27(14-16)24(30)22(10-11-23(28)29)26-25(31)33-15-21-19-8-4-2-6-17(19)18-7-3-5-9-20(18)21/h2-9,16,21-22H,10-15H2,1H3,(H,26,31)(H,28,29). The summed E-state index contributed by atoms with van der Waals surface area (Å²) in [6, 6.07) is 15.1. The highest BCUT2D eigenvalue weighted by molar-refractivity contribution is 5.86. The van der Waals surface area contributed by atoms with Crippen LogP contribution in [-0.4, -0.2) is 66.9 Å². The molecule has 174 valence electrons. The zero-order valence-electron chi connectivity index (χ0n) is 18.5. The number of carbonyl (C=O) groups is 3. The summed E-state index contributed by atoms with van der Waals surface area (Å²) < 4.78 is 10.8. The zero-order chi connectivity index (χ0) is 23.4. The van der Waals surface area contributed by atoms with Gasteiger partial charge in [-0.1, -0.05) is 48.5 Å². The summed E-state index contributed by atoms with van der Waals surface area (Å²) in [5.74, 6) is -1.44. The van der Waals surface area contributed by atoms with Gasteiger partial charge >= 0.3 is 12.1 Å². The number of hydrogen-bond donors (Lipinski definition) is 2. The molecule has 2 unspecified atom stereocenters. The van der Waals surface area contributed by atoms with Crippen molar-refractivity contribution in [1.29, 1.82) is 0 Å². The maximum Gasteiger partial charge on any atom is 0.407 e. The number of fused-ring (bicyclic) bond motifs is 3. The van der Waals surface area contributed by atoms with E-state index in [0.717, 1.165) is 22.3 Å². The number of nitrogens with zero attached hydrogens (tertiary/aromatic N) is 1. The lowest BCUT2D eigenvalue weighted by Gasteiger charge is -2.24. The molecule has 0 saturated carbocycles. The first-order chi connectivity index (χ1) is 16.0. The van der Waals surface area contributed by atoms with Gasteiger partial charge in [-0.3, -0.25) is 9.59 Å². The van der Waals surface area contributed by atoms with E-state index in [1.807, 2.05) is 36.4 Å². The molecule has 1 aliphatic heterocycles. The minimum absolute atomic E-state index is 0.00743. The van der Waals surface area contributed by atoms with Gasteiger partial charge in [0.2, 0.25) is 5.91 Å². The van der Waals surface area contributed by atoms with Gasteiger partial charge in [0.1, 0.15) is 12.6 Å². The highest BCUT2D eigenvalue weighted by Crippen LogP contribution is 2.44. The molecule has 8 heteroatoms. The summed E-state index contributed by atoms with van der Waals surface area (Å²) in [5.41, 5.74) is 4.43. The molecule has 8 nitrogen and oxygen atoms in total. The predicted octanol–water partition coefficient (Wildman–Crippen LogP) is 3.01. The third-order valence-corrected chi connectivity index (χ3v) is 6.37. The first-order valence-corrected chi connectivity index (χ1v) is 11.1. The van der Waals surface area contributed by atoms with Gasteiger partial charge < -0.3 is 24.8 Å². The molecule has 0 aromatic heterocycles. The molecule has 33 heavy (non-hydrogen) atoms. The molecule has 2 atom stereocenters. The maximum atomic E-state index is 12.9. The van der Waals surface area contributed by atoms with Gasteiger partial charge in [0.15, 0.2) is 0 Å². The van der Waals surface area contributed by atoms with E-state index >= 15 is 0 Å². The van der Waals surface area contributed by atoms with Crippen LogP contribution in [-0.2, 0) is 19.1 Å². The van der Waals surface area contributed by atoms with Gasteiger partial charge in [-0.15, -0.1) is 0 Å². The first kappa shape index (κ1) is 22.8. The van der Waals surface area contributed by atoms with Crippen LogP contribution in [0.5, 0.6) is 0 Å². The molecule has 0 spiro atoms. The Balaban J connectivity index is 1.41. The Bertz CT molecular complexity index is 994. The summed E-state index contributed by atoms with van der Waals surface area (Å²) in [7, 11) is 1.59. The van der Waals surface area contributed by atoms with Gasteiger partial charge in [-0.2, -0.15) is 0 Å². The fraction of sp³-hybridized carbons (Fsp3) is 0.400. The molecule has 0 bridgehead atoms. The predicted molar refractivity (Wildman–Crippen MR) is 121 cm³/mol. The van der Waals surface area contributed by atoms with E-state index in [2.05, 4.69) is 17.4 Å². The molecule has 1 fully saturated rings. The number of benzene rings is 2. The van der Waals surface area contributed by atoms with Crippen molar-refractivity contribution in [2.75, 3.05) is 26.8 Å². The third-order valence-electron chi connectivity index (χ3n) is 6.37. The Kier molecular flexibility index (Phi) is 6.93. The SMILES string of the molecule is COC1CCN(C(=O)C(CCC(=O)O)NC(=O)OCC2c3ccccc3-c3ccccc32)C1. The van der Waals surface area contributed by atoms with E-state index in [1.54, 1.807) is 12.0 Å². The molecule has 4 rings (SSSR count). The number of alkyl carbamates (subject to hydrolysis) is 1. The summed E-state index contributed by atoms with van der Waals surface area (Å²) >= 11 is 0. The molecular formula is C25H28N2O6. The molecule has 1 heterocycles. The fourth-order valence-electron chi connectivity index (χ4n) is 4.65. The number of carboxylic acid groups (broad SMARTS) is 1. The van der Waals surface area contributed by atoms with Crippen molar-refractivity contribution in [2.24, 2.45) is 0 Å². The van der Waals surface area contributed by atoms with Crippen molar-refractivity contribution in [1.82, 2.24) is 10.2 Å². The first-order valence-electron chi connectivity index (χ1n) is 11.1. The van der Waals surface area contributed by atoms with E-state index in [0.29, 0.717) is 19.5 Å². The van der Waals surface area contributed by atoms with E-state index in [9.17, 15) is 14.4 Å². The number of ether oxygens (including phenoxy) is 2. The lowest BCUT2D eigenvalue weighted by atomic mass is 9.98. The largest absolute Gasteiger partial charge is 0.481 e. The van der Waals surface area contributed by atoms with Gasteiger partial charge in [0.25, 0.3) is 0 Å². The average Bonchev–Trinajstić information content (AvgIpc) is 3.43. The molecular weight excluding hydrogens is 424 g/mol. The van der Waals surface area contributed by atoms with Gasteiger partial charge in [-0.05, 0) is 35.1 Å². The summed E-state index contributed by atoms with van der Waals surface area (Å²) in [4.78, 5) is 38.3. The van der Waals surface area contributed by atoms with Crippen molar-refractivity contribution in [3.05, 3.63) is 59.7 Å². The van der Waals surface area contributed by atoms with Gasteiger partial charge in [0.05, 0.1) is 6.10 Å². The fourth-order valence-corrected chi connectivity index (χ4v) is 4.65. The smallest absolute Gasteiger partial charge is 0.407 e. The van der Waals surface area contributed by atoms with Crippen LogP contribution in [0.25, 0.3) is 11.1 Å². The van der Waals surface area contributed by atoms with Crippen molar-refractivity contribution in [3.8, 4) is 11.1 Å². The van der Waals surface area contributed by atoms with Crippen molar-refractivity contribution < 1.29 is 29.0 Å². The minimum atomic E-state index is -1.03.